The maximum Gasteiger partial charge on any atom is 0.220 e. The Morgan fingerprint density at radius 3 is 2.70 bits per heavy atom. The molecule has 0 spiro atoms. The van der Waals surface area contributed by atoms with Crippen LogP contribution in [-0.4, -0.2) is 32.0 Å². The van der Waals surface area contributed by atoms with Gasteiger partial charge in [0.1, 0.15) is 0 Å². The molecule has 0 bridgehead atoms. The van der Waals surface area contributed by atoms with E-state index in [2.05, 4.69) is 32.4 Å². The number of nitrogens with one attached hydrogen (secondary N) is 3. The zero-order valence-electron chi connectivity index (χ0n) is 13.9. The van der Waals surface area contributed by atoms with Gasteiger partial charge in [-0.2, -0.15) is 0 Å². The summed E-state index contributed by atoms with van der Waals surface area (Å²) in [6.07, 6.45) is 7.01. The molecule has 6 heteroatoms. The quantitative estimate of drug-likeness (QED) is 0.407. The van der Waals surface area contributed by atoms with Gasteiger partial charge in [-0.05, 0) is 30.2 Å². The van der Waals surface area contributed by atoms with Crippen LogP contribution >= 0.6 is 11.3 Å². The summed E-state index contributed by atoms with van der Waals surface area (Å²) in [5, 5.41) is 11.5. The molecule has 1 fully saturated rings. The number of amides is 1. The summed E-state index contributed by atoms with van der Waals surface area (Å²) in [6, 6.07) is 4.14. The monoisotopic (exact) mass is 336 g/mol. The van der Waals surface area contributed by atoms with Crippen molar-refractivity contribution in [2.24, 2.45) is 10.9 Å². The summed E-state index contributed by atoms with van der Waals surface area (Å²) in [5.41, 5.74) is 0. The maximum absolute atomic E-state index is 11.9. The Balaban J connectivity index is 1.55. The van der Waals surface area contributed by atoms with Crippen molar-refractivity contribution in [2.45, 2.75) is 45.1 Å². The van der Waals surface area contributed by atoms with E-state index >= 15 is 0 Å². The number of hydrogen-bond donors (Lipinski definition) is 3. The van der Waals surface area contributed by atoms with Crippen LogP contribution in [0.2, 0.25) is 0 Å². The lowest BCUT2D eigenvalue weighted by atomic mass is 9.87. The van der Waals surface area contributed by atoms with Gasteiger partial charge in [-0.3, -0.25) is 9.79 Å². The number of carbonyl (C=O) groups excluding carboxylic acids is 1. The SMILES string of the molecule is CN=C(NCCNC(=O)CC1CCCCC1)NCc1cccs1. The third-order valence-electron chi connectivity index (χ3n) is 4.17. The van der Waals surface area contributed by atoms with Crippen LogP contribution in [0, 0.1) is 5.92 Å². The van der Waals surface area contributed by atoms with Gasteiger partial charge in [0.2, 0.25) is 5.91 Å². The predicted molar refractivity (Wildman–Crippen MR) is 96.7 cm³/mol. The van der Waals surface area contributed by atoms with Gasteiger partial charge < -0.3 is 16.0 Å². The van der Waals surface area contributed by atoms with Gasteiger partial charge in [0.25, 0.3) is 0 Å². The highest BCUT2D eigenvalue weighted by atomic mass is 32.1. The minimum absolute atomic E-state index is 0.181. The molecule has 0 aliphatic heterocycles. The molecule has 1 saturated carbocycles. The largest absolute Gasteiger partial charge is 0.355 e. The first-order valence-corrected chi connectivity index (χ1v) is 9.39. The fraction of sp³-hybridized carbons (Fsp3) is 0.647. The molecular formula is C17H28N4OS. The number of nitrogens with zero attached hydrogens (tertiary/aromatic N) is 1. The van der Waals surface area contributed by atoms with Crippen molar-refractivity contribution in [1.82, 2.24) is 16.0 Å². The Kier molecular flexibility index (Phi) is 7.93. The first-order chi connectivity index (χ1) is 11.3. The molecule has 1 aromatic heterocycles. The topological polar surface area (TPSA) is 65.5 Å². The molecule has 0 atom stereocenters. The van der Waals surface area contributed by atoms with Crippen molar-refractivity contribution in [3.8, 4) is 0 Å². The van der Waals surface area contributed by atoms with Crippen molar-refractivity contribution >= 4 is 23.2 Å². The number of aliphatic imine (C=N–C) groups is 1. The molecule has 0 saturated heterocycles. The highest BCUT2D eigenvalue weighted by Crippen LogP contribution is 2.25. The van der Waals surface area contributed by atoms with Crippen molar-refractivity contribution in [3.63, 3.8) is 0 Å². The fourth-order valence-electron chi connectivity index (χ4n) is 2.91. The minimum atomic E-state index is 0.181. The fourth-order valence-corrected chi connectivity index (χ4v) is 3.56. The maximum atomic E-state index is 11.9. The molecule has 0 aromatic carbocycles. The van der Waals surface area contributed by atoms with Crippen molar-refractivity contribution in [3.05, 3.63) is 22.4 Å². The van der Waals surface area contributed by atoms with Crippen LogP contribution in [-0.2, 0) is 11.3 Å². The first-order valence-electron chi connectivity index (χ1n) is 8.51. The van der Waals surface area contributed by atoms with Crippen molar-refractivity contribution in [2.75, 3.05) is 20.1 Å². The van der Waals surface area contributed by atoms with Crippen LogP contribution in [0.3, 0.4) is 0 Å². The van der Waals surface area contributed by atoms with E-state index in [4.69, 9.17) is 0 Å². The molecule has 0 unspecified atom stereocenters. The van der Waals surface area contributed by atoms with Crippen LogP contribution in [0.5, 0.6) is 0 Å². The van der Waals surface area contributed by atoms with Crippen LogP contribution in [0.15, 0.2) is 22.5 Å². The van der Waals surface area contributed by atoms with E-state index in [-0.39, 0.29) is 5.91 Å². The average Bonchev–Trinajstić information content (AvgIpc) is 3.08. The van der Waals surface area contributed by atoms with Gasteiger partial charge in [-0.1, -0.05) is 25.3 Å². The van der Waals surface area contributed by atoms with Crippen LogP contribution in [0.25, 0.3) is 0 Å². The van der Waals surface area contributed by atoms with Gasteiger partial charge in [0.15, 0.2) is 5.96 Å². The highest BCUT2D eigenvalue weighted by molar-refractivity contribution is 7.09. The zero-order valence-corrected chi connectivity index (χ0v) is 14.8. The van der Waals surface area contributed by atoms with Crippen LogP contribution in [0.1, 0.15) is 43.4 Å². The van der Waals surface area contributed by atoms with Crippen LogP contribution < -0.4 is 16.0 Å². The van der Waals surface area contributed by atoms with E-state index in [0.717, 1.165) is 12.5 Å². The molecule has 3 N–H and O–H groups in total. The van der Waals surface area contributed by atoms with E-state index in [1.807, 2.05) is 6.07 Å². The molecule has 23 heavy (non-hydrogen) atoms. The van der Waals surface area contributed by atoms with Crippen LogP contribution in [0.4, 0.5) is 0 Å². The second-order valence-electron chi connectivity index (χ2n) is 5.99. The molecule has 1 amide bonds. The van der Waals surface area contributed by atoms with E-state index < -0.39 is 0 Å². The predicted octanol–water partition coefficient (Wildman–Crippen LogP) is 2.50. The highest BCUT2D eigenvalue weighted by Gasteiger charge is 2.16. The van der Waals surface area contributed by atoms with Crippen molar-refractivity contribution in [1.29, 1.82) is 0 Å². The summed E-state index contributed by atoms with van der Waals surface area (Å²) in [5.74, 6) is 1.54. The zero-order chi connectivity index (χ0) is 16.3. The number of hydrogen-bond acceptors (Lipinski definition) is 3. The molecule has 0 radical (unpaired) electrons. The summed E-state index contributed by atoms with van der Waals surface area (Å²) >= 11 is 1.72. The minimum Gasteiger partial charge on any atom is -0.355 e. The Hall–Kier alpha value is -1.56. The lowest BCUT2D eigenvalue weighted by Gasteiger charge is -2.20. The summed E-state index contributed by atoms with van der Waals surface area (Å²) < 4.78 is 0. The first kappa shape index (κ1) is 17.8. The molecule has 128 valence electrons. The van der Waals surface area contributed by atoms with E-state index in [9.17, 15) is 4.79 Å². The second-order valence-corrected chi connectivity index (χ2v) is 7.02. The summed E-state index contributed by atoms with van der Waals surface area (Å²) in [7, 11) is 1.76. The van der Waals surface area contributed by atoms with E-state index in [1.165, 1.54) is 37.0 Å². The summed E-state index contributed by atoms with van der Waals surface area (Å²) in [6.45, 7) is 2.08. The Bertz CT molecular complexity index is 481. The molecule has 5 nitrogen and oxygen atoms in total. The lowest BCUT2D eigenvalue weighted by molar-refractivity contribution is -0.122. The molecule has 1 aliphatic carbocycles. The van der Waals surface area contributed by atoms with Gasteiger partial charge in [-0.15, -0.1) is 11.3 Å². The molecule has 1 heterocycles. The standard InChI is InChI=1S/C17H28N4OS/c1-18-17(21-13-15-8-5-11-23-15)20-10-9-19-16(22)12-14-6-3-2-4-7-14/h5,8,11,14H,2-4,6-7,9-10,12-13H2,1H3,(H,19,22)(H2,18,20,21). The van der Waals surface area contributed by atoms with Gasteiger partial charge in [0.05, 0.1) is 6.54 Å². The average molecular weight is 337 g/mol. The normalized spacial score (nSPS) is 16.1. The van der Waals surface area contributed by atoms with Gasteiger partial charge >= 0.3 is 0 Å². The number of guanidine groups is 1. The van der Waals surface area contributed by atoms with E-state index in [1.54, 1.807) is 18.4 Å². The third kappa shape index (κ3) is 7.03. The number of carbonyl (C=O) groups is 1. The molecular weight excluding hydrogens is 308 g/mol. The van der Waals surface area contributed by atoms with E-state index in [0.29, 0.717) is 25.4 Å². The Morgan fingerprint density at radius 1 is 1.22 bits per heavy atom. The summed E-state index contributed by atoms with van der Waals surface area (Å²) in [4.78, 5) is 17.4. The Morgan fingerprint density at radius 2 is 2.00 bits per heavy atom. The lowest BCUT2D eigenvalue weighted by Crippen LogP contribution is -2.41. The van der Waals surface area contributed by atoms with Gasteiger partial charge in [0, 0.05) is 31.4 Å². The second kappa shape index (κ2) is 10.3. The smallest absolute Gasteiger partial charge is 0.220 e. The van der Waals surface area contributed by atoms with Crippen molar-refractivity contribution < 1.29 is 4.79 Å². The molecule has 2 rings (SSSR count). The van der Waals surface area contributed by atoms with Gasteiger partial charge in [-0.25, -0.2) is 0 Å². The molecule has 1 aromatic rings. The number of rotatable bonds is 7. The number of thiophene rings is 1. The Labute approximate surface area is 143 Å². The third-order valence-corrected chi connectivity index (χ3v) is 5.05. The molecule has 1 aliphatic rings.